The van der Waals surface area contributed by atoms with Crippen LogP contribution in [0.2, 0.25) is 0 Å². The molecule has 16 heteroatoms. The highest BCUT2D eigenvalue weighted by Gasteiger charge is 2.32. The quantitative estimate of drug-likeness (QED) is 0.0475. The summed E-state index contributed by atoms with van der Waals surface area (Å²) in [6, 6.07) is 15.0. The standard InChI is InChI=1S/C39H41FN4O10S/c1-5-53-37(49)31(46)18-30(45)25-8-6-7-22(15-25)19-42-38(50)39(2,3)44-33(47)20-43-55(51,52)21-26-16-32-29(17-28(26)23-9-10-23)34(36(48)41-4)35(54-32)24-11-13-27(40)14-12-24/h6-8,11-18,23,43,45H,5,9-10,19-21H2,1-4H3,(H,41,48)(H,42,50)(H,44,47). The number of hydrogen-bond donors (Lipinski definition) is 5. The number of ketones is 1. The van der Waals surface area contributed by atoms with Crippen molar-refractivity contribution in [1.82, 2.24) is 20.7 Å². The molecule has 0 spiro atoms. The molecule has 1 aliphatic carbocycles. The van der Waals surface area contributed by atoms with Gasteiger partial charge in [-0.25, -0.2) is 22.3 Å². The van der Waals surface area contributed by atoms with Crippen LogP contribution in [0.4, 0.5) is 4.39 Å². The van der Waals surface area contributed by atoms with Crippen molar-refractivity contribution in [2.45, 2.75) is 57.4 Å². The number of aliphatic hydroxyl groups excluding tert-OH is 1. The number of benzene rings is 3. The number of hydrogen-bond acceptors (Lipinski definition) is 10. The molecule has 1 heterocycles. The summed E-state index contributed by atoms with van der Waals surface area (Å²) >= 11 is 0. The van der Waals surface area contributed by atoms with Gasteiger partial charge < -0.3 is 30.2 Å². The lowest BCUT2D eigenvalue weighted by molar-refractivity contribution is -0.151. The predicted molar refractivity (Wildman–Crippen MR) is 200 cm³/mol. The first-order chi connectivity index (χ1) is 26.0. The number of ether oxygens (including phenoxy) is 1. The Balaban J connectivity index is 1.22. The highest BCUT2D eigenvalue weighted by molar-refractivity contribution is 7.88. The molecule has 290 valence electrons. The maximum absolute atomic E-state index is 13.7. The molecule has 14 nitrogen and oxygen atoms in total. The van der Waals surface area contributed by atoms with Crippen molar-refractivity contribution in [2.24, 2.45) is 0 Å². The molecule has 0 aliphatic heterocycles. The number of carbonyl (C=O) groups excluding carboxylic acids is 5. The van der Waals surface area contributed by atoms with E-state index < -0.39 is 68.9 Å². The van der Waals surface area contributed by atoms with E-state index in [4.69, 9.17) is 4.42 Å². The number of furan rings is 1. The molecule has 0 unspecified atom stereocenters. The lowest BCUT2D eigenvalue weighted by atomic mass is 9.98. The van der Waals surface area contributed by atoms with Crippen LogP contribution >= 0.6 is 0 Å². The maximum Gasteiger partial charge on any atom is 0.379 e. The van der Waals surface area contributed by atoms with Crippen LogP contribution in [0.15, 0.2) is 71.2 Å². The second-order valence-electron chi connectivity index (χ2n) is 13.5. The number of esters is 1. The second-order valence-corrected chi connectivity index (χ2v) is 15.3. The third-order valence-electron chi connectivity index (χ3n) is 8.77. The smallest absolute Gasteiger partial charge is 0.379 e. The van der Waals surface area contributed by atoms with Crippen LogP contribution < -0.4 is 20.7 Å². The molecule has 55 heavy (non-hydrogen) atoms. The monoisotopic (exact) mass is 776 g/mol. The summed E-state index contributed by atoms with van der Waals surface area (Å²) in [7, 11) is -2.63. The normalized spacial score (nSPS) is 13.3. The van der Waals surface area contributed by atoms with Gasteiger partial charge >= 0.3 is 5.97 Å². The number of rotatable bonds is 16. The topological polar surface area (TPSA) is 210 Å². The van der Waals surface area contributed by atoms with E-state index in [-0.39, 0.29) is 41.5 Å². The van der Waals surface area contributed by atoms with E-state index in [1.165, 1.54) is 64.2 Å². The van der Waals surface area contributed by atoms with Crippen LogP contribution in [0.1, 0.15) is 72.1 Å². The van der Waals surface area contributed by atoms with Crippen molar-refractivity contribution < 1.29 is 51.0 Å². The Labute approximate surface area is 316 Å². The Hall–Kier alpha value is -5.87. The molecule has 0 atom stereocenters. The van der Waals surface area contributed by atoms with Gasteiger partial charge in [0.05, 0.1) is 24.5 Å². The van der Waals surface area contributed by atoms with Crippen molar-refractivity contribution in [3.05, 3.63) is 100 Å². The minimum absolute atomic E-state index is 0.000718. The molecule has 0 radical (unpaired) electrons. The molecule has 5 N–H and O–H groups in total. The Morgan fingerprint density at radius 3 is 2.40 bits per heavy atom. The van der Waals surface area contributed by atoms with Gasteiger partial charge in [-0.05, 0) is 98.7 Å². The zero-order valence-corrected chi connectivity index (χ0v) is 31.4. The van der Waals surface area contributed by atoms with Gasteiger partial charge in [-0.15, -0.1) is 0 Å². The number of fused-ring (bicyclic) bond motifs is 1. The molecule has 0 saturated heterocycles. The Bertz CT molecular complexity index is 2290. The molecule has 5 rings (SSSR count). The van der Waals surface area contributed by atoms with E-state index in [1.807, 2.05) is 0 Å². The molecule has 1 fully saturated rings. The van der Waals surface area contributed by atoms with Crippen molar-refractivity contribution in [3.8, 4) is 11.3 Å². The molecule has 3 amide bonds. The van der Waals surface area contributed by atoms with Crippen LogP contribution in [0.25, 0.3) is 28.1 Å². The highest BCUT2D eigenvalue weighted by Crippen LogP contribution is 2.45. The number of sulfonamides is 1. The fourth-order valence-corrected chi connectivity index (χ4v) is 6.96. The average molecular weight is 777 g/mol. The third-order valence-corrected chi connectivity index (χ3v) is 10.0. The summed E-state index contributed by atoms with van der Waals surface area (Å²) in [4.78, 5) is 62.4. The van der Waals surface area contributed by atoms with Crippen molar-refractivity contribution in [2.75, 3.05) is 20.2 Å². The first-order valence-corrected chi connectivity index (χ1v) is 19.0. The molecular weight excluding hydrogens is 736 g/mol. The summed E-state index contributed by atoms with van der Waals surface area (Å²) in [5, 5.41) is 18.6. The fraction of sp³-hybridized carbons (Fsp3) is 0.308. The summed E-state index contributed by atoms with van der Waals surface area (Å²) in [5.41, 5.74) is 1.41. The van der Waals surface area contributed by atoms with Crippen molar-refractivity contribution in [1.29, 1.82) is 0 Å². The van der Waals surface area contributed by atoms with Crippen molar-refractivity contribution >= 4 is 56.2 Å². The van der Waals surface area contributed by atoms with E-state index >= 15 is 0 Å². The largest absolute Gasteiger partial charge is 0.507 e. The Morgan fingerprint density at radius 2 is 1.75 bits per heavy atom. The number of halogens is 1. The van der Waals surface area contributed by atoms with E-state index in [1.54, 1.807) is 24.3 Å². The summed E-state index contributed by atoms with van der Waals surface area (Å²) < 4.78 is 53.3. The Kier molecular flexibility index (Phi) is 12.2. The van der Waals surface area contributed by atoms with Crippen LogP contribution in [-0.2, 0) is 46.2 Å². The van der Waals surface area contributed by atoms with Gasteiger partial charge in [-0.1, -0.05) is 18.2 Å². The van der Waals surface area contributed by atoms with Gasteiger partial charge in [0.25, 0.3) is 11.7 Å². The summed E-state index contributed by atoms with van der Waals surface area (Å²) in [5.74, 6) is -5.07. The van der Waals surface area contributed by atoms with Crippen molar-refractivity contribution in [3.63, 3.8) is 0 Å². The molecule has 4 aromatic rings. The number of nitrogens with one attached hydrogen (secondary N) is 4. The minimum Gasteiger partial charge on any atom is -0.507 e. The predicted octanol–water partition coefficient (Wildman–Crippen LogP) is 4.14. The average Bonchev–Trinajstić information content (AvgIpc) is 3.92. The molecule has 1 saturated carbocycles. The lowest BCUT2D eigenvalue weighted by Crippen LogP contribution is -2.56. The molecule has 1 aromatic heterocycles. The number of amides is 3. The molecular formula is C39H41FN4O10S. The van der Waals surface area contributed by atoms with Gasteiger partial charge in [-0.2, -0.15) is 0 Å². The van der Waals surface area contributed by atoms with Gasteiger partial charge in [-0.3, -0.25) is 19.2 Å². The third kappa shape index (κ3) is 10.0. The fourth-order valence-electron chi connectivity index (χ4n) is 5.85. The van der Waals surface area contributed by atoms with Gasteiger partial charge in [0.15, 0.2) is 0 Å². The number of aliphatic hydroxyl groups is 1. The van der Waals surface area contributed by atoms with Gasteiger partial charge in [0.1, 0.15) is 28.5 Å². The van der Waals surface area contributed by atoms with E-state index in [2.05, 4.69) is 25.4 Å². The zero-order chi connectivity index (χ0) is 40.1. The SMILES string of the molecule is CCOC(=O)C(=O)C=C(O)c1cccc(CNC(=O)C(C)(C)NC(=O)CNS(=O)(=O)Cc2cc3oc(-c4ccc(F)cc4)c(C(=O)NC)c3cc2C2CC2)c1. The number of carbonyl (C=O) groups is 5. The maximum atomic E-state index is 13.7. The van der Waals surface area contributed by atoms with Crippen LogP contribution in [-0.4, -0.2) is 68.7 Å². The summed E-state index contributed by atoms with van der Waals surface area (Å²) in [6.45, 7) is 3.73. The van der Waals surface area contributed by atoms with E-state index in [0.717, 1.165) is 24.5 Å². The minimum atomic E-state index is -4.10. The Morgan fingerprint density at radius 1 is 1.04 bits per heavy atom. The second kappa shape index (κ2) is 16.7. The van der Waals surface area contributed by atoms with E-state index in [9.17, 15) is 41.9 Å². The molecule has 1 aliphatic rings. The summed E-state index contributed by atoms with van der Waals surface area (Å²) in [6.07, 6.45) is 2.39. The first-order valence-electron chi connectivity index (χ1n) is 17.4. The van der Waals surface area contributed by atoms with E-state index in [0.29, 0.717) is 22.1 Å². The highest BCUT2D eigenvalue weighted by atomic mass is 32.2. The van der Waals surface area contributed by atoms with Crippen LogP contribution in [0.3, 0.4) is 0 Å². The van der Waals surface area contributed by atoms with Crippen LogP contribution in [0, 0.1) is 5.82 Å². The molecule has 0 bridgehead atoms. The van der Waals surface area contributed by atoms with Gasteiger partial charge in [0.2, 0.25) is 21.8 Å². The molecule has 3 aromatic carbocycles. The first kappa shape index (κ1) is 40.3. The zero-order valence-electron chi connectivity index (χ0n) is 30.6. The lowest BCUT2D eigenvalue weighted by Gasteiger charge is -2.25. The van der Waals surface area contributed by atoms with Gasteiger partial charge in [0, 0.05) is 36.2 Å². The van der Waals surface area contributed by atoms with Crippen LogP contribution in [0.5, 0.6) is 0 Å².